The number of aryl methyl sites for hydroxylation is 1. The molecule has 3 rings (SSSR count). The van der Waals surface area contributed by atoms with Crippen molar-refractivity contribution in [1.82, 2.24) is 14.5 Å². The molecule has 1 aromatic heterocycles. The Bertz CT molecular complexity index is 648. The van der Waals surface area contributed by atoms with Crippen LogP contribution in [0.25, 0.3) is 0 Å². The highest BCUT2D eigenvalue weighted by Gasteiger charge is 2.21. The van der Waals surface area contributed by atoms with Crippen LogP contribution in [0.4, 0.5) is 4.79 Å². The third-order valence-electron chi connectivity index (χ3n) is 3.90. The molecule has 5 nitrogen and oxygen atoms in total. The van der Waals surface area contributed by atoms with E-state index in [4.69, 9.17) is 5.11 Å². The summed E-state index contributed by atoms with van der Waals surface area (Å²) < 4.78 is 2.11. The average Bonchev–Trinajstić information content (AvgIpc) is 2.84. The molecule has 0 saturated carbocycles. The van der Waals surface area contributed by atoms with Crippen LogP contribution in [0, 0.1) is 6.92 Å². The number of fused-ring (bicyclic) bond motifs is 1. The SMILES string of the molecule is Cc1nccn1Cc1cccc2c1CCN(C(=O)O)C2. The summed E-state index contributed by atoms with van der Waals surface area (Å²) in [6.07, 6.45) is 3.72. The van der Waals surface area contributed by atoms with Crippen LogP contribution in [-0.2, 0) is 19.5 Å². The smallest absolute Gasteiger partial charge is 0.407 e. The third-order valence-corrected chi connectivity index (χ3v) is 3.90. The van der Waals surface area contributed by atoms with Crippen molar-refractivity contribution in [3.8, 4) is 0 Å². The van der Waals surface area contributed by atoms with Gasteiger partial charge in [-0.25, -0.2) is 9.78 Å². The van der Waals surface area contributed by atoms with E-state index in [1.54, 1.807) is 6.20 Å². The van der Waals surface area contributed by atoms with Crippen LogP contribution in [0.1, 0.15) is 22.5 Å². The first-order valence-corrected chi connectivity index (χ1v) is 6.70. The molecule has 0 unspecified atom stereocenters. The molecule has 1 amide bonds. The van der Waals surface area contributed by atoms with Crippen molar-refractivity contribution in [3.63, 3.8) is 0 Å². The fraction of sp³-hybridized carbons (Fsp3) is 0.333. The largest absolute Gasteiger partial charge is 0.465 e. The molecule has 1 aromatic carbocycles. The Morgan fingerprint density at radius 3 is 3.00 bits per heavy atom. The van der Waals surface area contributed by atoms with E-state index in [1.807, 2.05) is 25.3 Å². The lowest BCUT2D eigenvalue weighted by atomic mass is 9.94. The minimum absolute atomic E-state index is 0.488. The number of benzene rings is 1. The minimum Gasteiger partial charge on any atom is -0.465 e. The molecule has 2 aromatic rings. The number of aromatic nitrogens is 2. The van der Waals surface area contributed by atoms with Gasteiger partial charge in [-0.05, 0) is 30.0 Å². The molecule has 0 aliphatic carbocycles. The molecule has 1 N–H and O–H groups in total. The minimum atomic E-state index is -0.841. The van der Waals surface area contributed by atoms with Gasteiger partial charge in [0.15, 0.2) is 0 Å². The summed E-state index contributed by atoms with van der Waals surface area (Å²) in [6.45, 7) is 3.84. The molecule has 2 heterocycles. The molecule has 0 fully saturated rings. The van der Waals surface area contributed by atoms with E-state index in [1.165, 1.54) is 16.0 Å². The van der Waals surface area contributed by atoms with Gasteiger partial charge in [-0.3, -0.25) is 0 Å². The van der Waals surface area contributed by atoms with Crippen LogP contribution in [-0.4, -0.2) is 32.2 Å². The first-order chi connectivity index (χ1) is 9.65. The molecule has 0 radical (unpaired) electrons. The molecule has 0 bridgehead atoms. The van der Waals surface area contributed by atoms with E-state index in [0.29, 0.717) is 13.1 Å². The molecular weight excluding hydrogens is 254 g/mol. The fourth-order valence-corrected chi connectivity index (χ4v) is 2.75. The molecule has 0 atom stereocenters. The van der Waals surface area contributed by atoms with E-state index in [-0.39, 0.29) is 0 Å². The van der Waals surface area contributed by atoms with Crippen molar-refractivity contribution in [2.75, 3.05) is 6.54 Å². The summed E-state index contributed by atoms with van der Waals surface area (Å²) in [4.78, 5) is 16.8. The molecule has 5 heteroatoms. The van der Waals surface area contributed by atoms with Crippen molar-refractivity contribution in [3.05, 3.63) is 53.1 Å². The standard InChI is InChI=1S/C15H17N3O2/c1-11-16-6-8-17(11)9-12-3-2-4-13-10-18(15(19)20)7-5-14(12)13/h2-4,6,8H,5,7,9-10H2,1H3,(H,19,20). The third kappa shape index (κ3) is 2.27. The topological polar surface area (TPSA) is 58.4 Å². The quantitative estimate of drug-likeness (QED) is 0.911. The Morgan fingerprint density at radius 1 is 1.45 bits per heavy atom. The zero-order valence-corrected chi connectivity index (χ0v) is 11.4. The van der Waals surface area contributed by atoms with Crippen LogP contribution >= 0.6 is 0 Å². The second-order valence-corrected chi connectivity index (χ2v) is 5.11. The highest BCUT2D eigenvalue weighted by Crippen LogP contribution is 2.23. The van der Waals surface area contributed by atoms with E-state index < -0.39 is 6.09 Å². The Labute approximate surface area is 117 Å². The van der Waals surface area contributed by atoms with Crippen LogP contribution < -0.4 is 0 Å². The van der Waals surface area contributed by atoms with Crippen LogP contribution in [0.2, 0.25) is 0 Å². The number of hydrogen-bond donors (Lipinski definition) is 1. The van der Waals surface area contributed by atoms with Gasteiger partial charge in [0.2, 0.25) is 0 Å². The molecule has 0 spiro atoms. The van der Waals surface area contributed by atoms with E-state index in [0.717, 1.165) is 24.4 Å². The van der Waals surface area contributed by atoms with Gasteiger partial charge >= 0.3 is 6.09 Å². The summed E-state index contributed by atoms with van der Waals surface area (Å²) >= 11 is 0. The highest BCUT2D eigenvalue weighted by molar-refractivity contribution is 5.65. The van der Waals surface area contributed by atoms with Crippen molar-refractivity contribution < 1.29 is 9.90 Å². The molecule has 104 valence electrons. The van der Waals surface area contributed by atoms with Gasteiger partial charge in [-0.2, -0.15) is 0 Å². The molecule has 0 saturated heterocycles. The number of carbonyl (C=O) groups is 1. The number of hydrogen-bond acceptors (Lipinski definition) is 2. The number of rotatable bonds is 2. The van der Waals surface area contributed by atoms with Gasteiger partial charge in [0.05, 0.1) is 0 Å². The van der Waals surface area contributed by atoms with Gasteiger partial charge in [-0.15, -0.1) is 0 Å². The first-order valence-electron chi connectivity index (χ1n) is 6.70. The number of imidazole rings is 1. The van der Waals surface area contributed by atoms with Crippen molar-refractivity contribution in [2.24, 2.45) is 0 Å². The lowest BCUT2D eigenvalue weighted by molar-refractivity contribution is 0.140. The lowest BCUT2D eigenvalue weighted by Crippen LogP contribution is -2.35. The van der Waals surface area contributed by atoms with E-state index >= 15 is 0 Å². The summed E-state index contributed by atoms with van der Waals surface area (Å²) in [5.74, 6) is 0.991. The average molecular weight is 271 g/mol. The van der Waals surface area contributed by atoms with Crippen LogP contribution in [0.3, 0.4) is 0 Å². The Kier molecular flexibility index (Phi) is 3.18. The number of amides is 1. The Hall–Kier alpha value is -2.30. The Morgan fingerprint density at radius 2 is 2.30 bits per heavy atom. The van der Waals surface area contributed by atoms with E-state index in [2.05, 4.69) is 15.6 Å². The molecule has 20 heavy (non-hydrogen) atoms. The second kappa shape index (κ2) is 5.00. The Balaban J connectivity index is 1.89. The van der Waals surface area contributed by atoms with Gasteiger partial charge in [-0.1, -0.05) is 18.2 Å². The van der Waals surface area contributed by atoms with E-state index in [9.17, 15) is 4.79 Å². The summed E-state index contributed by atoms with van der Waals surface area (Å²) in [6, 6.07) is 6.15. The maximum Gasteiger partial charge on any atom is 0.407 e. The molecule has 1 aliphatic rings. The number of carboxylic acid groups (broad SMARTS) is 1. The predicted octanol–water partition coefficient (Wildman–Crippen LogP) is 2.28. The second-order valence-electron chi connectivity index (χ2n) is 5.11. The molecule has 1 aliphatic heterocycles. The van der Waals surface area contributed by atoms with Gasteiger partial charge in [0.25, 0.3) is 0 Å². The maximum absolute atomic E-state index is 11.1. The molecular formula is C15H17N3O2. The van der Waals surface area contributed by atoms with Crippen molar-refractivity contribution in [1.29, 1.82) is 0 Å². The maximum atomic E-state index is 11.1. The van der Waals surface area contributed by atoms with Gasteiger partial charge < -0.3 is 14.6 Å². The van der Waals surface area contributed by atoms with Gasteiger partial charge in [0, 0.05) is 32.0 Å². The summed E-state index contributed by atoms with van der Waals surface area (Å²) in [7, 11) is 0. The first kappa shape index (κ1) is 12.7. The monoisotopic (exact) mass is 271 g/mol. The summed E-state index contributed by atoms with van der Waals surface area (Å²) in [5.41, 5.74) is 3.67. The van der Waals surface area contributed by atoms with Crippen LogP contribution in [0.5, 0.6) is 0 Å². The predicted molar refractivity (Wildman–Crippen MR) is 74.6 cm³/mol. The highest BCUT2D eigenvalue weighted by atomic mass is 16.4. The normalized spacial score (nSPS) is 14.2. The fourth-order valence-electron chi connectivity index (χ4n) is 2.75. The zero-order valence-electron chi connectivity index (χ0n) is 11.4. The lowest BCUT2D eigenvalue weighted by Gasteiger charge is -2.28. The zero-order chi connectivity index (χ0) is 14.1. The summed E-state index contributed by atoms with van der Waals surface area (Å²) in [5, 5.41) is 9.09. The number of nitrogens with zero attached hydrogens (tertiary/aromatic N) is 3. The van der Waals surface area contributed by atoms with Crippen molar-refractivity contribution in [2.45, 2.75) is 26.4 Å². The van der Waals surface area contributed by atoms with Gasteiger partial charge in [0.1, 0.15) is 5.82 Å². The van der Waals surface area contributed by atoms with Crippen LogP contribution in [0.15, 0.2) is 30.6 Å². The van der Waals surface area contributed by atoms with Crippen molar-refractivity contribution >= 4 is 6.09 Å².